The minimum atomic E-state index is -0.457. The highest BCUT2D eigenvalue weighted by atomic mass is 35.5. The molecule has 0 fully saturated rings. The van der Waals surface area contributed by atoms with Crippen LogP contribution in [0.5, 0.6) is 0 Å². The van der Waals surface area contributed by atoms with Gasteiger partial charge in [-0.15, -0.1) is 0 Å². The fourth-order valence-corrected chi connectivity index (χ4v) is 3.01. The molecular weight excluding hydrogens is 353 g/mol. The van der Waals surface area contributed by atoms with Crippen LogP contribution in [0.2, 0.25) is 5.02 Å². The van der Waals surface area contributed by atoms with Crippen LogP contribution in [-0.2, 0) is 0 Å². The van der Waals surface area contributed by atoms with Gasteiger partial charge in [0.05, 0.1) is 6.20 Å². The summed E-state index contributed by atoms with van der Waals surface area (Å²) in [6.45, 7) is 0. The van der Waals surface area contributed by atoms with Gasteiger partial charge in [0.25, 0.3) is 0 Å². The zero-order valence-corrected chi connectivity index (χ0v) is 14.5. The predicted molar refractivity (Wildman–Crippen MR) is 101 cm³/mol. The Labute approximate surface area is 153 Å². The van der Waals surface area contributed by atoms with Gasteiger partial charge in [-0.05, 0) is 23.8 Å². The van der Waals surface area contributed by atoms with Crippen molar-refractivity contribution in [3.05, 3.63) is 65.8 Å². The number of anilines is 1. The van der Waals surface area contributed by atoms with Crippen molar-refractivity contribution in [1.29, 1.82) is 0 Å². The lowest BCUT2D eigenvalue weighted by Crippen LogP contribution is -2.01. The molecule has 0 unspecified atom stereocenters. The zero-order chi connectivity index (χ0) is 18.1. The molecule has 2 aromatic carbocycles. The van der Waals surface area contributed by atoms with E-state index < -0.39 is 5.82 Å². The molecule has 2 aromatic heterocycles. The number of hydrogen-bond donors (Lipinski definition) is 1. The number of nitrogens with zero attached hydrogens (tertiary/aromatic N) is 4. The Morgan fingerprint density at radius 3 is 2.65 bits per heavy atom. The molecule has 26 heavy (non-hydrogen) atoms. The maximum atomic E-state index is 14.9. The summed E-state index contributed by atoms with van der Waals surface area (Å²) in [4.78, 5) is 17.0. The van der Waals surface area contributed by atoms with Crippen LogP contribution in [0.15, 0.2) is 55.0 Å². The van der Waals surface area contributed by atoms with Gasteiger partial charge in [0, 0.05) is 35.4 Å². The summed E-state index contributed by atoms with van der Waals surface area (Å²) >= 11 is 6.26. The number of hydrogen-bond acceptors (Lipinski definition) is 5. The van der Waals surface area contributed by atoms with E-state index in [9.17, 15) is 4.39 Å². The van der Waals surface area contributed by atoms with E-state index in [0.29, 0.717) is 33.3 Å². The molecule has 0 saturated carbocycles. The van der Waals surface area contributed by atoms with Gasteiger partial charge >= 0.3 is 0 Å². The summed E-state index contributed by atoms with van der Waals surface area (Å²) in [5.74, 6) is 0.351. The molecule has 0 amide bonds. The quantitative estimate of drug-likeness (QED) is 0.575. The summed E-state index contributed by atoms with van der Waals surface area (Å²) in [7, 11) is 1.72. The predicted octanol–water partition coefficient (Wildman–Crippen LogP) is 4.59. The highest BCUT2D eigenvalue weighted by Crippen LogP contribution is 2.33. The van der Waals surface area contributed by atoms with Crippen LogP contribution in [0.25, 0.3) is 33.5 Å². The smallest absolute Gasteiger partial charge is 0.182 e. The van der Waals surface area contributed by atoms with Gasteiger partial charge in [0.2, 0.25) is 0 Å². The van der Waals surface area contributed by atoms with E-state index >= 15 is 0 Å². The molecule has 0 aliphatic rings. The third kappa shape index (κ3) is 2.84. The van der Waals surface area contributed by atoms with E-state index in [1.54, 1.807) is 25.5 Å². The molecule has 0 saturated heterocycles. The fourth-order valence-electron chi connectivity index (χ4n) is 2.76. The molecule has 128 valence electrons. The molecule has 0 radical (unpaired) electrons. The molecule has 4 rings (SSSR count). The normalized spacial score (nSPS) is 10.9. The Kier molecular flexibility index (Phi) is 4.18. The summed E-state index contributed by atoms with van der Waals surface area (Å²) in [6, 6.07) is 10.6. The van der Waals surface area contributed by atoms with E-state index in [-0.39, 0.29) is 5.52 Å². The van der Waals surface area contributed by atoms with Crippen molar-refractivity contribution >= 4 is 28.3 Å². The van der Waals surface area contributed by atoms with Crippen LogP contribution in [0, 0.1) is 5.82 Å². The Morgan fingerprint density at radius 2 is 1.92 bits per heavy atom. The summed E-state index contributed by atoms with van der Waals surface area (Å²) in [5, 5.41) is 4.12. The first-order chi connectivity index (χ1) is 12.7. The largest absolute Gasteiger partial charge is 0.373 e. The molecule has 1 N–H and O–H groups in total. The number of rotatable bonds is 3. The van der Waals surface area contributed by atoms with Gasteiger partial charge in [0.1, 0.15) is 22.8 Å². The van der Waals surface area contributed by atoms with E-state index in [2.05, 4.69) is 25.3 Å². The first kappa shape index (κ1) is 16.4. The highest BCUT2D eigenvalue weighted by molar-refractivity contribution is 6.33. The second-order valence-electron chi connectivity index (χ2n) is 5.57. The van der Waals surface area contributed by atoms with Gasteiger partial charge in [-0.1, -0.05) is 29.8 Å². The van der Waals surface area contributed by atoms with Crippen LogP contribution in [0.3, 0.4) is 0 Å². The number of aromatic nitrogens is 4. The monoisotopic (exact) mass is 365 g/mol. The Bertz CT molecular complexity index is 1100. The van der Waals surface area contributed by atoms with Crippen LogP contribution >= 0.6 is 11.6 Å². The fraction of sp³-hybridized carbons (Fsp3) is 0.0526. The Hall–Kier alpha value is -3.12. The van der Waals surface area contributed by atoms with Crippen LogP contribution < -0.4 is 5.32 Å². The molecule has 4 aromatic rings. The van der Waals surface area contributed by atoms with Crippen LogP contribution in [-0.4, -0.2) is 27.0 Å². The van der Waals surface area contributed by atoms with Crippen LogP contribution in [0.1, 0.15) is 0 Å². The molecule has 7 heteroatoms. The lowest BCUT2D eigenvalue weighted by atomic mass is 10.0. The molecule has 0 aliphatic carbocycles. The average molecular weight is 366 g/mol. The standard InChI is InChI=1S/C19H13ClFN5/c1-22-18-13-8-11(12-4-2-3-5-14(12)20)9-15(21)17(13)25-19(26-18)16-10-23-6-7-24-16/h2-10H,1H3,(H,22,25,26). The van der Waals surface area contributed by atoms with E-state index in [4.69, 9.17) is 11.6 Å². The number of nitrogens with one attached hydrogen (secondary N) is 1. The van der Waals surface area contributed by atoms with Gasteiger partial charge in [-0.25, -0.2) is 19.3 Å². The molecule has 0 spiro atoms. The molecule has 5 nitrogen and oxygen atoms in total. The SMILES string of the molecule is CNc1nc(-c2cnccn2)nc2c(F)cc(-c3ccccc3Cl)cc12. The third-order valence-corrected chi connectivity index (χ3v) is 4.30. The van der Waals surface area contributed by atoms with Gasteiger partial charge in [-0.2, -0.15) is 0 Å². The van der Waals surface area contributed by atoms with Crippen molar-refractivity contribution < 1.29 is 4.39 Å². The summed E-state index contributed by atoms with van der Waals surface area (Å²) < 4.78 is 14.9. The second kappa shape index (κ2) is 6.65. The lowest BCUT2D eigenvalue weighted by molar-refractivity contribution is 0.637. The minimum Gasteiger partial charge on any atom is -0.373 e. The molecule has 0 bridgehead atoms. The first-order valence-electron chi connectivity index (χ1n) is 7.87. The molecular formula is C19H13ClFN5. The van der Waals surface area contributed by atoms with Crippen molar-refractivity contribution in [2.75, 3.05) is 12.4 Å². The van der Waals surface area contributed by atoms with Crippen LogP contribution in [0.4, 0.5) is 10.2 Å². The maximum Gasteiger partial charge on any atom is 0.182 e. The summed E-state index contributed by atoms with van der Waals surface area (Å²) in [5.41, 5.74) is 2.09. The maximum absolute atomic E-state index is 14.9. The summed E-state index contributed by atoms with van der Waals surface area (Å²) in [6.07, 6.45) is 4.63. The van der Waals surface area contributed by atoms with E-state index in [1.807, 2.05) is 24.3 Å². The topological polar surface area (TPSA) is 63.6 Å². The number of halogens is 2. The zero-order valence-electron chi connectivity index (χ0n) is 13.7. The minimum absolute atomic E-state index is 0.209. The first-order valence-corrected chi connectivity index (χ1v) is 8.25. The number of benzene rings is 2. The molecule has 0 aliphatic heterocycles. The molecule has 0 atom stereocenters. The number of fused-ring (bicyclic) bond motifs is 1. The van der Waals surface area contributed by atoms with E-state index in [0.717, 1.165) is 5.56 Å². The van der Waals surface area contributed by atoms with Gasteiger partial charge in [-0.3, -0.25) is 4.98 Å². The van der Waals surface area contributed by atoms with Gasteiger partial charge < -0.3 is 5.32 Å². The van der Waals surface area contributed by atoms with Crippen molar-refractivity contribution in [2.24, 2.45) is 0 Å². The van der Waals surface area contributed by atoms with Crippen molar-refractivity contribution in [3.8, 4) is 22.6 Å². The van der Waals surface area contributed by atoms with Crippen molar-refractivity contribution in [2.45, 2.75) is 0 Å². The van der Waals surface area contributed by atoms with Crippen molar-refractivity contribution in [1.82, 2.24) is 19.9 Å². The van der Waals surface area contributed by atoms with Crippen molar-refractivity contribution in [3.63, 3.8) is 0 Å². The average Bonchev–Trinajstić information content (AvgIpc) is 2.68. The Morgan fingerprint density at radius 1 is 1.08 bits per heavy atom. The second-order valence-corrected chi connectivity index (χ2v) is 5.98. The third-order valence-electron chi connectivity index (χ3n) is 3.97. The molecule has 2 heterocycles. The Balaban J connectivity index is 1.97. The lowest BCUT2D eigenvalue weighted by Gasteiger charge is -2.11. The van der Waals surface area contributed by atoms with E-state index in [1.165, 1.54) is 12.3 Å². The highest BCUT2D eigenvalue weighted by Gasteiger charge is 2.15. The van der Waals surface area contributed by atoms with Gasteiger partial charge in [0.15, 0.2) is 5.82 Å².